The van der Waals surface area contributed by atoms with E-state index in [4.69, 9.17) is 0 Å². The molecule has 0 spiro atoms. The number of nitrogens with one attached hydrogen (secondary N) is 1. The molecule has 29 heavy (non-hydrogen) atoms. The molecule has 4 heterocycles. The van der Waals surface area contributed by atoms with Gasteiger partial charge < -0.3 is 10.2 Å². The summed E-state index contributed by atoms with van der Waals surface area (Å²) in [5.74, 6) is 2.15. The fourth-order valence-electron chi connectivity index (χ4n) is 3.37. The van der Waals surface area contributed by atoms with Gasteiger partial charge in [-0.25, -0.2) is 15.0 Å². The van der Waals surface area contributed by atoms with Gasteiger partial charge in [-0.05, 0) is 25.5 Å². The van der Waals surface area contributed by atoms with Crippen molar-refractivity contribution in [3.05, 3.63) is 60.2 Å². The summed E-state index contributed by atoms with van der Waals surface area (Å²) >= 11 is 0. The predicted octanol–water partition coefficient (Wildman–Crippen LogP) is 2.08. The van der Waals surface area contributed by atoms with Gasteiger partial charge in [-0.1, -0.05) is 0 Å². The van der Waals surface area contributed by atoms with Crippen LogP contribution in [-0.2, 0) is 11.8 Å². The van der Waals surface area contributed by atoms with Gasteiger partial charge in [-0.15, -0.1) is 0 Å². The Bertz CT molecular complexity index is 1030. The van der Waals surface area contributed by atoms with Gasteiger partial charge in [0.2, 0.25) is 5.91 Å². The van der Waals surface area contributed by atoms with Crippen LogP contribution in [0.15, 0.2) is 43.0 Å². The van der Waals surface area contributed by atoms with Gasteiger partial charge in [0.05, 0.1) is 17.6 Å². The smallest absolute Gasteiger partial charge is 0.246 e. The van der Waals surface area contributed by atoms with Crippen molar-refractivity contribution in [1.29, 1.82) is 0 Å². The summed E-state index contributed by atoms with van der Waals surface area (Å²) in [5.41, 5.74) is 1.81. The molecule has 0 unspecified atom stereocenters. The summed E-state index contributed by atoms with van der Waals surface area (Å²) in [6.45, 7) is 3.20. The molecule has 0 aromatic carbocycles. The molecule has 148 valence electrons. The van der Waals surface area contributed by atoms with Crippen LogP contribution in [-0.4, -0.2) is 53.6 Å². The number of amides is 1. The number of anilines is 2. The molecular weight excluding hydrogens is 368 g/mol. The molecule has 1 amide bonds. The van der Waals surface area contributed by atoms with Gasteiger partial charge >= 0.3 is 0 Å². The number of hydrogen-bond donors (Lipinski definition) is 1. The zero-order chi connectivity index (χ0) is 20.2. The summed E-state index contributed by atoms with van der Waals surface area (Å²) < 4.78 is 1.73. The molecule has 1 fully saturated rings. The van der Waals surface area contributed by atoms with E-state index in [0.717, 1.165) is 17.8 Å². The van der Waals surface area contributed by atoms with Crippen molar-refractivity contribution in [1.82, 2.24) is 34.6 Å². The number of likely N-dealkylation sites (tertiary alicyclic amines) is 1. The fraction of sp³-hybridized carbons (Fsp3) is 0.300. The average Bonchev–Trinajstić information content (AvgIpc) is 3.36. The van der Waals surface area contributed by atoms with Gasteiger partial charge in [0.25, 0.3) is 0 Å². The summed E-state index contributed by atoms with van der Waals surface area (Å²) in [6, 6.07) is 3.79. The third-order valence-electron chi connectivity index (χ3n) is 4.85. The quantitative estimate of drug-likeness (QED) is 0.666. The first-order chi connectivity index (χ1) is 14.1. The van der Waals surface area contributed by atoms with Crippen LogP contribution in [0.2, 0.25) is 0 Å². The summed E-state index contributed by atoms with van der Waals surface area (Å²) in [4.78, 5) is 31.7. The van der Waals surface area contributed by atoms with Crippen molar-refractivity contribution >= 4 is 23.6 Å². The summed E-state index contributed by atoms with van der Waals surface area (Å²) in [5, 5.41) is 7.26. The Morgan fingerprint density at radius 3 is 2.90 bits per heavy atom. The highest BCUT2D eigenvalue weighted by atomic mass is 16.2. The number of nitrogens with zero attached hydrogens (tertiary/aromatic N) is 7. The lowest BCUT2D eigenvalue weighted by Gasteiger charge is -2.15. The van der Waals surface area contributed by atoms with Crippen LogP contribution in [0.3, 0.4) is 0 Å². The maximum atomic E-state index is 12.6. The normalized spacial score (nSPS) is 16.5. The monoisotopic (exact) mass is 390 g/mol. The van der Waals surface area contributed by atoms with Gasteiger partial charge in [0.1, 0.15) is 17.5 Å². The van der Waals surface area contributed by atoms with Gasteiger partial charge in [0.15, 0.2) is 0 Å². The number of aryl methyl sites for hydroxylation is 2. The van der Waals surface area contributed by atoms with Gasteiger partial charge in [0, 0.05) is 56.8 Å². The Morgan fingerprint density at radius 2 is 2.14 bits per heavy atom. The Morgan fingerprint density at radius 1 is 1.24 bits per heavy atom. The molecule has 1 saturated heterocycles. The minimum atomic E-state index is -0.00242. The first-order valence-electron chi connectivity index (χ1n) is 9.42. The van der Waals surface area contributed by atoms with Crippen LogP contribution in [0.5, 0.6) is 0 Å². The predicted molar refractivity (Wildman–Crippen MR) is 108 cm³/mol. The number of aromatic nitrogens is 6. The first kappa shape index (κ1) is 18.7. The minimum absolute atomic E-state index is 0.00242. The van der Waals surface area contributed by atoms with E-state index in [2.05, 4.69) is 30.4 Å². The molecule has 1 aliphatic rings. The van der Waals surface area contributed by atoms with E-state index in [-0.39, 0.29) is 11.8 Å². The molecule has 3 aromatic heterocycles. The van der Waals surface area contributed by atoms with E-state index >= 15 is 0 Å². The molecular formula is C20H22N8O. The summed E-state index contributed by atoms with van der Waals surface area (Å²) in [6.07, 6.45) is 10.9. The fourth-order valence-corrected chi connectivity index (χ4v) is 3.37. The number of hydrogen-bond acceptors (Lipinski definition) is 7. The standard InChI is InChI=1S/C20H22N8O/c1-14-24-17(11-18(25-14)26-19-12-21-8-9-22-19)15-6-10-28(13-15)20(29)4-3-16-5-7-23-27(16)2/h3-5,7-9,11-12,15H,6,10,13H2,1-2H3,(H,22,24,25,26)/b4-3+/t15-/m0/s1. The third-order valence-corrected chi connectivity index (χ3v) is 4.85. The maximum Gasteiger partial charge on any atom is 0.246 e. The van der Waals surface area contributed by atoms with Crippen molar-refractivity contribution in [3.63, 3.8) is 0 Å². The highest BCUT2D eigenvalue weighted by molar-refractivity contribution is 5.91. The third kappa shape index (κ3) is 4.45. The number of carbonyl (C=O) groups is 1. The SMILES string of the molecule is Cc1nc(Nc2cnccn2)cc([C@H]2CCN(C(=O)/C=C/c3ccnn3C)C2)n1. The van der Waals surface area contributed by atoms with E-state index in [9.17, 15) is 4.79 Å². The van der Waals surface area contributed by atoms with Crippen LogP contribution in [0.1, 0.15) is 29.6 Å². The van der Waals surface area contributed by atoms with Crippen molar-refractivity contribution in [2.24, 2.45) is 7.05 Å². The molecule has 0 saturated carbocycles. The van der Waals surface area contributed by atoms with Crippen LogP contribution < -0.4 is 5.32 Å². The minimum Gasteiger partial charge on any atom is -0.338 e. The highest BCUT2D eigenvalue weighted by Crippen LogP contribution is 2.28. The Hall–Kier alpha value is -3.62. The van der Waals surface area contributed by atoms with Crippen LogP contribution in [0, 0.1) is 6.92 Å². The second kappa shape index (κ2) is 8.17. The average molecular weight is 390 g/mol. The van der Waals surface area contributed by atoms with Crippen molar-refractivity contribution in [2.45, 2.75) is 19.3 Å². The maximum absolute atomic E-state index is 12.6. The molecule has 1 aliphatic heterocycles. The molecule has 0 aliphatic carbocycles. The number of rotatable bonds is 5. The largest absolute Gasteiger partial charge is 0.338 e. The lowest BCUT2D eigenvalue weighted by atomic mass is 10.0. The van der Waals surface area contributed by atoms with E-state index in [1.807, 2.05) is 31.0 Å². The van der Waals surface area contributed by atoms with Crippen molar-refractivity contribution in [3.8, 4) is 0 Å². The Labute approximate surface area is 168 Å². The van der Waals surface area contributed by atoms with E-state index in [1.165, 1.54) is 0 Å². The van der Waals surface area contributed by atoms with Crippen LogP contribution in [0.25, 0.3) is 6.08 Å². The molecule has 0 radical (unpaired) electrons. The lowest BCUT2D eigenvalue weighted by Crippen LogP contribution is -2.26. The van der Waals surface area contributed by atoms with Gasteiger partial charge in [-0.3, -0.25) is 14.5 Å². The number of carbonyl (C=O) groups excluding carboxylic acids is 1. The highest BCUT2D eigenvalue weighted by Gasteiger charge is 2.27. The van der Waals surface area contributed by atoms with Crippen molar-refractivity contribution in [2.75, 3.05) is 18.4 Å². The van der Waals surface area contributed by atoms with Gasteiger partial charge in [-0.2, -0.15) is 5.10 Å². The zero-order valence-electron chi connectivity index (χ0n) is 16.4. The molecule has 3 aromatic rings. The molecule has 4 rings (SSSR count). The first-order valence-corrected chi connectivity index (χ1v) is 9.42. The second-order valence-corrected chi connectivity index (χ2v) is 6.92. The lowest BCUT2D eigenvalue weighted by molar-refractivity contribution is -0.124. The van der Waals surface area contributed by atoms with E-state index in [1.54, 1.807) is 41.6 Å². The van der Waals surface area contributed by atoms with Crippen LogP contribution in [0.4, 0.5) is 11.6 Å². The molecule has 1 N–H and O–H groups in total. The summed E-state index contributed by atoms with van der Waals surface area (Å²) in [7, 11) is 1.85. The zero-order valence-corrected chi connectivity index (χ0v) is 16.4. The second-order valence-electron chi connectivity index (χ2n) is 6.92. The topological polar surface area (TPSA) is 102 Å². The molecule has 9 heteroatoms. The molecule has 0 bridgehead atoms. The van der Waals surface area contributed by atoms with E-state index in [0.29, 0.717) is 30.5 Å². The Balaban J connectivity index is 1.44. The van der Waals surface area contributed by atoms with Crippen LogP contribution >= 0.6 is 0 Å². The molecule has 1 atom stereocenters. The Kier molecular flexibility index (Phi) is 5.28. The van der Waals surface area contributed by atoms with Crippen molar-refractivity contribution < 1.29 is 4.79 Å². The van der Waals surface area contributed by atoms with E-state index < -0.39 is 0 Å². The molecule has 9 nitrogen and oxygen atoms in total.